The molecule has 2 aromatic heterocycles. The Morgan fingerprint density at radius 3 is 3.00 bits per heavy atom. The highest BCUT2D eigenvalue weighted by Gasteiger charge is 2.14. The summed E-state index contributed by atoms with van der Waals surface area (Å²) in [6.45, 7) is 1.77. The van der Waals surface area contributed by atoms with Gasteiger partial charge in [0, 0.05) is 18.1 Å². The summed E-state index contributed by atoms with van der Waals surface area (Å²) < 4.78 is 1.54. The molecule has 0 spiro atoms. The van der Waals surface area contributed by atoms with E-state index in [1.165, 1.54) is 10.8 Å². The average molecular weight is 227 g/mol. The summed E-state index contributed by atoms with van der Waals surface area (Å²) in [6, 6.07) is 6.97. The molecule has 0 aliphatic heterocycles. The highest BCUT2D eigenvalue weighted by Crippen LogP contribution is 2.17. The molecule has 0 saturated carbocycles. The fourth-order valence-electron chi connectivity index (χ4n) is 1.59. The molecule has 0 atom stereocenters. The van der Waals surface area contributed by atoms with Crippen molar-refractivity contribution in [2.45, 2.75) is 6.92 Å². The zero-order chi connectivity index (χ0) is 12.4. The Hall–Kier alpha value is -2.61. The van der Waals surface area contributed by atoms with Crippen molar-refractivity contribution in [3.63, 3.8) is 0 Å². The average Bonchev–Trinajstić information content (AvgIpc) is 2.76. The topological polar surface area (TPSA) is 78.9 Å². The SMILES string of the molecule is Cc1cc(-n2cccc2C#N)c(C(=O)O)cn1. The molecule has 2 rings (SSSR count). The fourth-order valence-corrected chi connectivity index (χ4v) is 1.59. The van der Waals surface area contributed by atoms with Crippen molar-refractivity contribution >= 4 is 5.97 Å². The van der Waals surface area contributed by atoms with Gasteiger partial charge in [0.2, 0.25) is 0 Å². The quantitative estimate of drug-likeness (QED) is 0.847. The maximum atomic E-state index is 11.1. The van der Waals surface area contributed by atoms with Gasteiger partial charge >= 0.3 is 5.97 Å². The van der Waals surface area contributed by atoms with Crippen molar-refractivity contribution in [3.05, 3.63) is 47.5 Å². The van der Waals surface area contributed by atoms with Crippen LogP contribution < -0.4 is 0 Å². The van der Waals surface area contributed by atoms with Gasteiger partial charge in [0.25, 0.3) is 0 Å². The van der Waals surface area contributed by atoms with Gasteiger partial charge in [-0.25, -0.2) is 4.79 Å². The number of nitrogens with zero attached hydrogens (tertiary/aromatic N) is 3. The van der Waals surface area contributed by atoms with E-state index < -0.39 is 5.97 Å². The van der Waals surface area contributed by atoms with Crippen molar-refractivity contribution < 1.29 is 9.90 Å². The van der Waals surface area contributed by atoms with E-state index in [0.717, 1.165) is 0 Å². The molecule has 0 fully saturated rings. The molecular weight excluding hydrogens is 218 g/mol. The third-order valence-corrected chi connectivity index (χ3v) is 2.37. The summed E-state index contributed by atoms with van der Waals surface area (Å²) >= 11 is 0. The van der Waals surface area contributed by atoms with Crippen molar-refractivity contribution in [2.75, 3.05) is 0 Å². The second-order valence-corrected chi connectivity index (χ2v) is 3.52. The van der Waals surface area contributed by atoms with Gasteiger partial charge < -0.3 is 9.67 Å². The van der Waals surface area contributed by atoms with E-state index >= 15 is 0 Å². The number of carboxylic acids is 1. The van der Waals surface area contributed by atoms with Crippen LogP contribution in [0.5, 0.6) is 0 Å². The summed E-state index contributed by atoms with van der Waals surface area (Å²) in [5, 5.41) is 18.0. The molecule has 0 unspecified atom stereocenters. The first-order chi connectivity index (χ1) is 8.13. The largest absolute Gasteiger partial charge is 0.478 e. The monoisotopic (exact) mass is 227 g/mol. The van der Waals surface area contributed by atoms with E-state index in [2.05, 4.69) is 4.98 Å². The maximum absolute atomic E-state index is 11.1. The normalized spacial score (nSPS) is 9.88. The van der Waals surface area contributed by atoms with Crippen molar-refractivity contribution in [1.82, 2.24) is 9.55 Å². The van der Waals surface area contributed by atoms with Gasteiger partial charge in [-0.05, 0) is 25.1 Å². The summed E-state index contributed by atoms with van der Waals surface area (Å²) in [6.07, 6.45) is 2.95. The Balaban J connectivity index is 2.70. The van der Waals surface area contributed by atoms with Gasteiger partial charge in [-0.2, -0.15) is 5.26 Å². The summed E-state index contributed by atoms with van der Waals surface area (Å²) in [5.74, 6) is -1.06. The molecule has 2 heterocycles. The third-order valence-electron chi connectivity index (χ3n) is 2.37. The number of rotatable bonds is 2. The van der Waals surface area contributed by atoms with Crippen LogP contribution in [0.25, 0.3) is 5.69 Å². The second-order valence-electron chi connectivity index (χ2n) is 3.52. The van der Waals surface area contributed by atoms with Crippen LogP contribution >= 0.6 is 0 Å². The summed E-state index contributed by atoms with van der Waals surface area (Å²) in [4.78, 5) is 15.0. The standard InChI is InChI=1S/C12H9N3O2/c1-8-5-11(10(7-14-8)12(16)17)15-4-2-3-9(15)6-13/h2-5,7H,1H3,(H,16,17). The predicted octanol–water partition coefficient (Wildman–Crippen LogP) is 1.75. The minimum absolute atomic E-state index is 0.0725. The lowest BCUT2D eigenvalue weighted by Crippen LogP contribution is -2.07. The first-order valence-corrected chi connectivity index (χ1v) is 4.91. The molecule has 17 heavy (non-hydrogen) atoms. The van der Waals surface area contributed by atoms with E-state index in [1.54, 1.807) is 31.3 Å². The Bertz CT molecular complexity index is 623. The second kappa shape index (κ2) is 4.10. The Kier molecular flexibility index (Phi) is 2.63. The first kappa shape index (κ1) is 10.9. The minimum Gasteiger partial charge on any atom is -0.478 e. The number of hydrogen-bond acceptors (Lipinski definition) is 3. The number of aryl methyl sites for hydroxylation is 1. The van der Waals surface area contributed by atoms with Crippen LogP contribution in [-0.2, 0) is 0 Å². The van der Waals surface area contributed by atoms with Gasteiger partial charge in [0.1, 0.15) is 17.3 Å². The van der Waals surface area contributed by atoms with Crippen LogP contribution in [0.15, 0.2) is 30.6 Å². The molecule has 0 aliphatic rings. The molecular formula is C12H9N3O2. The van der Waals surface area contributed by atoms with Gasteiger partial charge in [0.05, 0.1) is 5.69 Å². The van der Waals surface area contributed by atoms with Crippen LogP contribution in [0, 0.1) is 18.3 Å². The Morgan fingerprint density at radius 2 is 2.35 bits per heavy atom. The van der Waals surface area contributed by atoms with Gasteiger partial charge in [-0.3, -0.25) is 4.98 Å². The molecule has 5 heteroatoms. The van der Waals surface area contributed by atoms with Crippen LogP contribution in [0.3, 0.4) is 0 Å². The fraction of sp³-hybridized carbons (Fsp3) is 0.0833. The Labute approximate surface area is 97.6 Å². The maximum Gasteiger partial charge on any atom is 0.339 e. The summed E-state index contributed by atoms with van der Waals surface area (Å²) in [7, 11) is 0. The van der Waals surface area contributed by atoms with Crippen LogP contribution in [0.4, 0.5) is 0 Å². The van der Waals surface area contributed by atoms with E-state index in [4.69, 9.17) is 10.4 Å². The Morgan fingerprint density at radius 1 is 1.59 bits per heavy atom. The zero-order valence-corrected chi connectivity index (χ0v) is 9.08. The highest BCUT2D eigenvalue weighted by molar-refractivity contribution is 5.91. The predicted molar refractivity (Wildman–Crippen MR) is 60.0 cm³/mol. The molecule has 2 aromatic rings. The van der Waals surface area contributed by atoms with Gasteiger partial charge in [-0.15, -0.1) is 0 Å². The number of hydrogen-bond donors (Lipinski definition) is 1. The van der Waals surface area contributed by atoms with Crippen LogP contribution in [0.2, 0.25) is 0 Å². The molecule has 0 bridgehead atoms. The molecule has 0 saturated heterocycles. The van der Waals surface area contributed by atoms with Crippen LogP contribution in [0.1, 0.15) is 21.7 Å². The van der Waals surface area contributed by atoms with E-state index in [0.29, 0.717) is 17.1 Å². The number of pyridine rings is 1. The lowest BCUT2D eigenvalue weighted by molar-refractivity contribution is 0.0696. The molecule has 5 nitrogen and oxygen atoms in total. The molecule has 0 radical (unpaired) electrons. The number of carboxylic acid groups (broad SMARTS) is 1. The lowest BCUT2D eigenvalue weighted by Gasteiger charge is -2.09. The zero-order valence-electron chi connectivity index (χ0n) is 9.08. The van der Waals surface area contributed by atoms with Crippen molar-refractivity contribution in [2.24, 2.45) is 0 Å². The molecule has 0 aliphatic carbocycles. The molecule has 1 N–H and O–H groups in total. The third kappa shape index (κ3) is 1.88. The van der Waals surface area contributed by atoms with E-state index in [9.17, 15) is 4.79 Å². The minimum atomic E-state index is -1.06. The first-order valence-electron chi connectivity index (χ1n) is 4.91. The van der Waals surface area contributed by atoms with Crippen molar-refractivity contribution in [3.8, 4) is 11.8 Å². The van der Waals surface area contributed by atoms with E-state index in [-0.39, 0.29) is 5.56 Å². The molecule has 0 amide bonds. The van der Waals surface area contributed by atoms with Crippen molar-refractivity contribution in [1.29, 1.82) is 5.26 Å². The highest BCUT2D eigenvalue weighted by atomic mass is 16.4. The molecule has 0 aromatic carbocycles. The lowest BCUT2D eigenvalue weighted by atomic mass is 10.2. The van der Waals surface area contributed by atoms with E-state index in [1.807, 2.05) is 6.07 Å². The number of carbonyl (C=O) groups is 1. The van der Waals surface area contributed by atoms with Gasteiger partial charge in [0.15, 0.2) is 0 Å². The summed E-state index contributed by atoms with van der Waals surface area (Å²) in [5.41, 5.74) is 1.61. The van der Waals surface area contributed by atoms with Crippen LogP contribution in [-0.4, -0.2) is 20.6 Å². The number of nitriles is 1. The number of aromatic nitrogens is 2. The number of aromatic carboxylic acids is 1. The smallest absolute Gasteiger partial charge is 0.339 e. The van der Waals surface area contributed by atoms with Gasteiger partial charge in [-0.1, -0.05) is 0 Å². The molecule has 84 valence electrons.